The van der Waals surface area contributed by atoms with Crippen LogP contribution in [-0.4, -0.2) is 33.6 Å². The first kappa shape index (κ1) is 26.2. The first-order valence-electron chi connectivity index (χ1n) is 12.3. The molecule has 2 N–H and O–H groups in total. The highest BCUT2D eigenvalue weighted by Crippen LogP contribution is 2.35. The van der Waals surface area contributed by atoms with Gasteiger partial charge in [0.25, 0.3) is 10.0 Å². The zero-order valence-corrected chi connectivity index (χ0v) is 21.5. The van der Waals surface area contributed by atoms with Crippen LogP contribution in [0.15, 0.2) is 77.7 Å². The third-order valence-electron chi connectivity index (χ3n) is 6.35. The summed E-state index contributed by atoms with van der Waals surface area (Å²) in [6.07, 6.45) is 1.33. The largest absolute Gasteiger partial charge is 0.412 e. The summed E-state index contributed by atoms with van der Waals surface area (Å²) in [5.74, 6) is 0.103. The van der Waals surface area contributed by atoms with Gasteiger partial charge >= 0.3 is 6.09 Å². The van der Waals surface area contributed by atoms with Gasteiger partial charge in [0.2, 0.25) is 0 Å². The molecule has 37 heavy (non-hydrogen) atoms. The number of hydrogen-bond acceptors (Lipinski definition) is 6. The number of amides is 1. The molecule has 0 radical (unpaired) electrons. The number of piperidine rings is 1. The van der Waals surface area contributed by atoms with Crippen LogP contribution in [-0.2, 0) is 23.0 Å². The van der Waals surface area contributed by atoms with E-state index in [0.29, 0.717) is 17.7 Å². The summed E-state index contributed by atoms with van der Waals surface area (Å²) in [4.78, 5) is 12.7. The number of nitrogens with zero attached hydrogens (tertiary/aromatic N) is 2. The van der Waals surface area contributed by atoms with Gasteiger partial charge in [-0.05, 0) is 67.7 Å². The zero-order valence-electron chi connectivity index (χ0n) is 20.7. The van der Waals surface area contributed by atoms with E-state index < -0.39 is 16.1 Å². The monoisotopic (exact) mass is 518 g/mol. The summed E-state index contributed by atoms with van der Waals surface area (Å²) in [6.45, 7) is 3.55. The molecule has 0 bridgehead atoms. The summed E-state index contributed by atoms with van der Waals surface area (Å²) >= 11 is 0. The van der Waals surface area contributed by atoms with Crippen molar-refractivity contribution in [3.05, 3.63) is 89.5 Å². The van der Waals surface area contributed by atoms with Crippen molar-refractivity contribution in [2.45, 2.75) is 43.7 Å². The molecule has 0 saturated carbocycles. The van der Waals surface area contributed by atoms with E-state index in [4.69, 9.17) is 4.74 Å². The van der Waals surface area contributed by atoms with E-state index in [9.17, 15) is 18.5 Å². The fourth-order valence-electron chi connectivity index (χ4n) is 4.45. The molecule has 3 aromatic carbocycles. The number of sulfonamides is 1. The lowest BCUT2D eigenvalue weighted by atomic mass is 10.0. The molecular weight excluding hydrogens is 488 g/mol. The summed E-state index contributed by atoms with van der Waals surface area (Å²) < 4.78 is 34.5. The molecule has 1 aliphatic rings. The number of nitrogens with one attached hydrogen (secondary N) is 2. The van der Waals surface area contributed by atoms with Crippen molar-refractivity contribution in [1.82, 2.24) is 10.6 Å². The molecule has 4 rings (SSSR count). The number of nitriles is 1. The van der Waals surface area contributed by atoms with Gasteiger partial charge in [-0.1, -0.05) is 55.5 Å². The van der Waals surface area contributed by atoms with E-state index >= 15 is 0 Å². The summed E-state index contributed by atoms with van der Waals surface area (Å²) in [5, 5.41) is 16.1. The minimum atomic E-state index is -3.97. The van der Waals surface area contributed by atoms with E-state index in [1.807, 2.05) is 37.3 Å². The Bertz CT molecular complexity index is 1370. The van der Waals surface area contributed by atoms with Crippen LogP contribution in [0.5, 0.6) is 5.75 Å². The average molecular weight is 519 g/mol. The molecule has 0 atom stereocenters. The average Bonchev–Trinajstić information content (AvgIpc) is 2.93. The van der Waals surface area contributed by atoms with Crippen molar-refractivity contribution in [2.75, 3.05) is 17.4 Å². The summed E-state index contributed by atoms with van der Waals surface area (Å²) in [5.41, 5.74) is 1.80. The Balaban J connectivity index is 1.73. The quantitative estimate of drug-likeness (QED) is 0.458. The highest BCUT2D eigenvalue weighted by molar-refractivity contribution is 7.92. The second kappa shape index (κ2) is 11.9. The molecular formula is C28H30N4O4S. The maximum atomic E-state index is 13.8. The molecule has 8 nitrogen and oxygen atoms in total. The highest BCUT2D eigenvalue weighted by Gasteiger charge is 2.29. The second-order valence-electron chi connectivity index (χ2n) is 8.77. The Morgan fingerprint density at radius 1 is 1.05 bits per heavy atom. The van der Waals surface area contributed by atoms with Gasteiger partial charge in [0.1, 0.15) is 11.6 Å². The zero-order chi connectivity index (χ0) is 26.3. The Morgan fingerprint density at radius 2 is 1.70 bits per heavy atom. The van der Waals surface area contributed by atoms with Gasteiger partial charge in [-0.15, -0.1) is 0 Å². The second-order valence-corrected chi connectivity index (χ2v) is 10.6. The van der Waals surface area contributed by atoms with Gasteiger partial charge in [-0.25, -0.2) is 13.2 Å². The van der Waals surface area contributed by atoms with Crippen LogP contribution in [0.1, 0.15) is 36.5 Å². The minimum Gasteiger partial charge on any atom is -0.409 e. The SMILES string of the molecule is CCc1c(N(Cc2ccccc2)S(=O)(=O)c2ccccc2)ccc(OC(=O)NC2CCNCC2)c1C#N. The predicted molar refractivity (Wildman–Crippen MR) is 142 cm³/mol. The molecule has 0 aromatic heterocycles. The molecule has 0 unspecified atom stereocenters. The molecule has 9 heteroatoms. The molecule has 192 valence electrons. The van der Waals surface area contributed by atoms with E-state index in [-0.39, 0.29) is 28.8 Å². The number of carbonyl (C=O) groups is 1. The lowest BCUT2D eigenvalue weighted by Crippen LogP contribution is -2.43. The normalized spacial score (nSPS) is 13.9. The van der Waals surface area contributed by atoms with Gasteiger partial charge in [0.15, 0.2) is 5.75 Å². The third kappa shape index (κ3) is 6.10. The van der Waals surface area contributed by atoms with Crippen LogP contribution in [0.4, 0.5) is 10.5 Å². The summed E-state index contributed by atoms with van der Waals surface area (Å²) in [6, 6.07) is 22.7. The van der Waals surface area contributed by atoms with E-state index in [2.05, 4.69) is 16.7 Å². The standard InChI is InChI=1S/C28H30N4O4S/c1-2-24-25(19-29)27(36-28(33)31-22-15-17-30-18-16-22)14-13-26(24)32(20-21-9-5-3-6-10-21)37(34,35)23-11-7-4-8-12-23/h3-14,22,30H,2,15-18,20H2,1H3,(H,31,33). The number of hydrogen-bond donors (Lipinski definition) is 2. The van der Waals surface area contributed by atoms with E-state index in [1.165, 1.54) is 10.4 Å². The predicted octanol–water partition coefficient (Wildman–Crippen LogP) is 4.36. The van der Waals surface area contributed by atoms with Crippen molar-refractivity contribution in [2.24, 2.45) is 0 Å². The van der Waals surface area contributed by atoms with Crippen LogP contribution in [0, 0.1) is 11.3 Å². The third-order valence-corrected chi connectivity index (χ3v) is 8.12. The molecule has 1 aliphatic heterocycles. The number of benzene rings is 3. The lowest BCUT2D eigenvalue weighted by Gasteiger charge is -2.28. The molecule has 3 aromatic rings. The molecule has 1 heterocycles. The summed E-state index contributed by atoms with van der Waals surface area (Å²) in [7, 11) is -3.97. The number of anilines is 1. The molecule has 1 saturated heterocycles. The van der Waals surface area contributed by atoms with Crippen molar-refractivity contribution < 1.29 is 17.9 Å². The maximum absolute atomic E-state index is 13.8. The molecule has 0 aliphatic carbocycles. The van der Waals surface area contributed by atoms with Crippen molar-refractivity contribution in [1.29, 1.82) is 5.26 Å². The molecule has 1 fully saturated rings. The van der Waals surface area contributed by atoms with Gasteiger partial charge < -0.3 is 15.4 Å². The van der Waals surface area contributed by atoms with Crippen molar-refractivity contribution >= 4 is 21.8 Å². The Labute approximate surface area is 217 Å². The lowest BCUT2D eigenvalue weighted by molar-refractivity contribution is 0.192. The van der Waals surface area contributed by atoms with E-state index in [0.717, 1.165) is 31.5 Å². The fourth-order valence-corrected chi connectivity index (χ4v) is 5.95. The van der Waals surface area contributed by atoms with Crippen LogP contribution < -0.4 is 19.7 Å². The maximum Gasteiger partial charge on any atom is 0.412 e. The van der Waals surface area contributed by atoms with Gasteiger partial charge in [-0.2, -0.15) is 5.26 Å². The smallest absolute Gasteiger partial charge is 0.409 e. The Morgan fingerprint density at radius 3 is 2.32 bits per heavy atom. The number of ether oxygens (including phenoxy) is 1. The number of carbonyl (C=O) groups excluding carboxylic acids is 1. The number of rotatable bonds is 8. The van der Waals surface area contributed by atoms with Crippen molar-refractivity contribution in [3.63, 3.8) is 0 Å². The highest BCUT2D eigenvalue weighted by atomic mass is 32.2. The first-order valence-corrected chi connectivity index (χ1v) is 13.7. The van der Waals surface area contributed by atoms with Crippen LogP contribution in [0.3, 0.4) is 0 Å². The van der Waals surface area contributed by atoms with Gasteiger partial charge in [-0.3, -0.25) is 4.31 Å². The fraction of sp³-hybridized carbons (Fsp3) is 0.286. The Kier molecular flexibility index (Phi) is 8.43. The van der Waals surface area contributed by atoms with Crippen LogP contribution >= 0.6 is 0 Å². The van der Waals surface area contributed by atoms with Crippen molar-refractivity contribution in [3.8, 4) is 11.8 Å². The van der Waals surface area contributed by atoms with Gasteiger partial charge in [0, 0.05) is 6.04 Å². The van der Waals surface area contributed by atoms with Crippen LogP contribution in [0.25, 0.3) is 0 Å². The Hall–Kier alpha value is -3.87. The minimum absolute atomic E-state index is 0.00147. The topological polar surface area (TPSA) is 112 Å². The van der Waals surface area contributed by atoms with E-state index in [1.54, 1.807) is 36.4 Å². The van der Waals surface area contributed by atoms with Crippen LogP contribution in [0.2, 0.25) is 0 Å². The van der Waals surface area contributed by atoms with Gasteiger partial charge in [0.05, 0.1) is 17.1 Å². The molecule has 1 amide bonds. The first-order chi connectivity index (χ1) is 17.9. The molecule has 0 spiro atoms.